The molecule has 9 heteroatoms. The van der Waals surface area contributed by atoms with Crippen molar-refractivity contribution in [2.24, 2.45) is 5.92 Å². The second-order valence-electron chi connectivity index (χ2n) is 8.53. The lowest BCUT2D eigenvalue weighted by Crippen LogP contribution is -2.46. The fourth-order valence-corrected chi connectivity index (χ4v) is 5.09. The van der Waals surface area contributed by atoms with Gasteiger partial charge in [-0.25, -0.2) is 18.4 Å². The molecule has 2 N–H and O–H groups in total. The molecule has 0 spiro atoms. The molecule has 0 amide bonds. The number of imidazole rings is 1. The second-order valence-corrected chi connectivity index (χ2v) is 10.5. The van der Waals surface area contributed by atoms with Crippen molar-refractivity contribution in [1.29, 1.82) is 0 Å². The molecule has 1 aromatic rings. The quantitative estimate of drug-likeness (QED) is 0.440. The number of aliphatic hydroxyl groups excluding tert-OH is 1. The molecule has 2 heterocycles. The number of ketones is 1. The van der Waals surface area contributed by atoms with Crippen LogP contribution in [0.3, 0.4) is 0 Å². The summed E-state index contributed by atoms with van der Waals surface area (Å²) in [7, 11) is -2.58. The van der Waals surface area contributed by atoms with Crippen molar-refractivity contribution >= 4 is 15.8 Å². The van der Waals surface area contributed by atoms with Crippen LogP contribution in [0.15, 0.2) is 54.1 Å². The molecule has 2 atom stereocenters. The number of hydrogen-bond acceptors (Lipinski definition) is 6. The number of nitrogens with one attached hydrogen (secondary N) is 1. The molecule has 0 saturated heterocycles. The van der Waals surface area contributed by atoms with Gasteiger partial charge in [-0.1, -0.05) is 32.1 Å². The lowest BCUT2D eigenvalue weighted by atomic mass is 9.97. The fraction of sp³-hybridized carbons (Fsp3) is 0.375. The molecule has 176 valence electrons. The average Bonchev–Trinajstić information content (AvgIpc) is 3.17. The van der Waals surface area contributed by atoms with Crippen LogP contribution in [0.25, 0.3) is 11.4 Å². The molecule has 3 rings (SSSR count). The number of aliphatic hydroxyl groups is 1. The zero-order chi connectivity index (χ0) is 24.3. The van der Waals surface area contributed by atoms with E-state index in [4.69, 9.17) is 0 Å². The van der Waals surface area contributed by atoms with Gasteiger partial charge in [0.15, 0.2) is 5.78 Å². The lowest BCUT2D eigenvalue weighted by molar-refractivity contribution is -0.129. The number of sulfonamides is 1. The maximum Gasteiger partial charge on any atom is 0.243 e. The lowest BCUT2D eigenvalue weighted by Gasteiger charge is -2.28. The number of rotatable bonds is 10. The molecule has 0 fully saturated rings. The number of Topliss-reactive ketones (excluding diaryl/α,β-unsaturated/α-hetero) is 1. The number of likely N-dealkylation sites (N-methyl/N-ethyl adjacent to an activating group) is 1. The standard InChI is InChI=1S/C24H30N4O4S/c1-6-22(29)24(30)21(13-15(2)3)28(5)33(31,32)18-9-7-17(8-10-18)14-20-23-19(11-12-25-20)26-16(4)27-23/h6-12,15,21-22,25,29H,1,13-14H2,2-5H3/t21-,22?/m1/s1. The molecule has 1 unspecified atom stereocenters. The molecule has 0 aliphatic carbocycles. The Morgan fingerprint density at radius 1 is 1.21 bits per heavy atom. The van der Waals surface area contributed by atoms with Gasteiger partial charge in [0.2, 0.25) is 10.0 Å². The first-order valence-electron chi connectivity index (χ1n) is 10.8. The van der Waals surface area contributed by atoms with Gasteiger partial charge in [0.05, 0.1) is 16.6 Å². The van der Waals surface area contributed by atoms with Crippen molar-refractivity contribution in [2.75, 3.05) is 7.05 Å². The van der Waals surface area contributed by atoms with Gasteiger partial charge in [0.1, 0.15) is 17.6 Å². The molecular formula is C24H30N4O4S. The molecule has 0 aromatic heterocycles. The average molecular weight is 471 g/mol. The summed E-state index contributed by atoms with van der Waals surface area (Å²) in [5.74, 6) is 0.163. The summed E-state index contributed by atoms with van der Waals surface area (Å²) in [6.45, 7) is 9.07. The Hall–Kier alpha value is -2.88. The van der Waals surface area contributed by atoms with Crippen molar-refractivity contribution < 1.29 is 18.3 Å². The SMILES string of the molecule is C=CC(O)C(=O)[C@@H](CC(C)C)N(C)S(=O)(=O)c1ccc(Cc2[nH]ccc3nc(C)nc2-3)cc1. The number of carbonyl (C=O) groups is 1. The fourth-order valence-electron chi connectivity index (χ4n) is 3.75. The van der Waals surface area contributed by atoms with Gasteiger partial charge in [-0.2, -0.15) is 4.31 Å². The predicted octanol–water partition coefficient (Wildman–Crippen LogP) is 2.96. The predicted molar refractivity (Wildman–Crippen MR) is 126 cm³/mol. The summed E-state index contributed by atoms with van der Waals surface area (Å²) in [6.07, 6.45) is 2.32. The highest BCUT2D eigenvalue weighted by atomic mass is 32.2. The number of aromatic amines is 1. The first kappa shape index (κ1) is 24.8. The number of benzene rings is 1. The van der Waals surface area contributed by atoms with E-state index in [0.717, 1.165) is 33.0 Å². The highest BCUT2D eigenvalue weighted by molar-refractivity contribution is 7.89. The van der Waals surface area contributed by atoms with Crippen LogP contribution in [0.1, 0.15) is 37.4 Å². The third-order valence-electron chi connectivity index (χ3n) is 5.54. The number of aromatic nitrogens is 3. The maximum absolute atomic E-state index is 13.3. The summed E-state index contributed by atoms with van der Waals surface area (Å²) in [6, 6.07) is 7.42. The Balaban J connectivity index is 1.84. The van der Waals surface area contributed by atoms with E-state index in [2.05, 4.69) is 21.5 Å². The van der Waals surface area contributed by atoms with Crippen molar-refractivity contribution in [3.8, 4) is 11.4 Å². The Labute approximate surface area is 194 Å². The van der Waals surface area contributed by atoms with E-state index in [0.29, 0.717) is 12.2 Å². The monoisotopic (exact) mass is 470 g/mol. The van der Waals surface area contributed by atoms with Gasteiger partial charge in [-0.3, -0.25) is 4.79 Å². The van der Waals surface area contributed by atoms with Gasteiger partial charge in [0, 0.05) is 25.4 Å². The maximum atomic E-state index is 13.3. The molecule has 0 radical (unpaired) electrons. The van der Waals surface area contributed by atoms with Gasteiger partial charge in [-0.05, 0) is 43.0 Å². The van der Waals surface area contributed by atoms with Gasteiger partial charge < -0.3 is 10.1 Å². The number of nitrogens with zero attached hydrogens (tertiary/aromatic N) is 3. The number of hydrogen-bond donors (Lipinski definition) is 2. The van der Waals surface area contributed by atoms with Crippen LogP contribution in [0.5, 0.6) is 0 Å². The van der Waals surface area contributed by atoms with Gasteiger partial charge in [-0.15, -0.1) is 6.58 Å². The van der Waals surface area contributed by atoms with Crippen LogP contribution in [0, 0.1) is 12.8 Å². The van der Waals surface area contributed by atoms with E-state index in [9.17, 15) is 18.3 Å². The summed E-state index contributed by atoms with van der Waals surface area (Å²) < 4.78 is 27.6. The Morgan fingerprint density at radius 2 is 1.88 bits per heavy atom. The van der Waals surface area contributed by atoms with E-state index in [1.165, 1.54) is 19.2 Å². The van der Waals surface area contributed by atoms with Crippen LogP contribution in [0.4, 0.5) is 0 Å². The smallest absolute Gasteiger partial charge is 0.243 e. The highest BCUT2D eigenvalue weighted by Gasteiger charge is 2.35. The van der Waals surface area contributed by atoms with Crippen LogP contribution in [-0.4, -0.2) is 57.8 Å². The van der Waals surface area contributed by atoms with E-state index >= 15 is 0 Å². The normalized spacial score (nSPS) is 14.0. The number of H-pyrrole nitrogens is 1. The molecule has 2 aliphatic rings. The summed E-state index contributed by atoms with van der Waals surface area (Å²) in [5.41, 5.74) is 3.40. The minimum Gasteiger partial charge on any atom is -0.381 e. The highest BCUT2D eigenvalue weighted by Crippen LogP contribution is 2.25. The molecule has 8 nitrogen and oxygen atoms in total. The first-order valence-corrected chi connectivity index (χ1v) is 12.2. The second kappa shape index (κ2) is 9.94. The minimum atomic E-state index is -3.95. The zero-order valence-corrected chi connectivity index (χ0v) is 20.1. The Kier molecular flexibility index (Phi) is 7.46. The topological polar surface area (TPSA) is 116 Å². The van der Waals surface area contributed by atoms with Gasteiger partial charge in [0.25, 0.3) is 0 Å². The third kappa shape index (κ3) is 5.38. The molecular weight excluding hydrogens is 440 g/mol. The minimum absolute atomic E-state index is 0.0536. The number of fused-ring (bicyclic) bond motifs is 1. The van der Waals surface area contributed by atoms with E-state index in [1.54, 1.807) is 12.1 Å². The Bertz CT molecular complexity index is 1200. The largest absolute Gasteiger partial charge is 0.381 e. The van der Waals surface area contributed by atoms with E-state index in [-0.39, 0.29) is 17.2 Å². The van der Waals surface area contributed by atoms with Crippen molar-refractivity contribution in [2.45, 2.75) is 50.7 Å². The molecule has 2 aliphatic heterocycles. The number of carbonyl (C=O) groups excluding carboxylic acids is 1. The molecule has 0 saturated carbocycles. The van der Waals surface area contributed by atoms with Crippen molar-refractivity contribution in [3.63, 3.8) is 0 Å². The van der Waals surface area contributed by atoms with Crippen LogP contribution >= 0.6 is 0 Å². The molecule has 33 heavy (non-hydrogen) atoms. The molecule has 0 bridgehead atoms. The third-order valence-corrected chi connectivity index (χ3v) is 7.42. The van der Waals surface area contributed by atoms with Crippen molar-refractivity contribution in [1.82, 2.24) is 19.3 Å². The van der Waals surface area contributed by atoms with Crippen molar-refractivity contribution in [3.05, 3.63) is 66.3 Å². The summed E-state index contributed by atoms with van der Waals surface area (Å²) in [4.78, 5) is 24.8. The van der Waals surface area contributed by atoms with Crippen LogP contribution < -0.4 is 0 Å². The van der Waals surface area contributed by atoms with E-state index in [1.807, 2.05) is 33.0 Å². The Morgan fingerprint density at radius 3 is 2.48 bits per heavy atom. The number of aryl methyl sites for hydroxylation is 1. The summed E-state index contributed by atoms with van der Waals surface area (Å²) in [5, 5.41) is 9.95. The molecule has 1 aromatic carbocycles. The van der Waals surface area contributed by atoms with Gasteiger partial charge >= 0.3 is 0 Å². The van der Waals surface area contributed by atoms with Crippen LogP contribution in [0.2, 0.25) is 0 Å². The van der Waals surface area contributed by atoms with Crippen LogP contribution in [-0.2, 0) is 21.2 Å². The van der Waals surface area contributed by atoms with E-state index < -0.39 is 28.0 Å². The summed E-state index contributed by atoms with van der Waals surface area (Å²) >= 11 is 0. The number of pyridine rings is 1. The first-order chi connectivity index (χ1) is 15.5. The zero-order valence-electron chi connectivity index (χ0n) is 19.3.